The van der Waals surface area contributed by atoms with E-state index < -0.39 is 40.9 Å². The van der Waals surface area contributed by atoms with Gasteiger partial charge in [-0.15, -0.1) is 0 Å². The molecule has 0 radical (unpaired) electrons. The minimum Gasteiger partial charge on any atom is -0.507 e. The van der Waals surface area contributed by atoms with Crippen LogP contribution in [-0.2, 0) is 15.7 Å². The van der Waals surface area contributed by atoms with Gasteiger partial charge in [0.1, 0.15) is 11.6 Å². The third-order valence-corrected chi connectivity index (χ3v) is 4.01. The number of phenols is 1. The van der Waals surface area contributed by atoms with E-state index in [-0.39, 0.29) is 29.7 Å². The lowest BCUT2D eigenvalue weighted by molar-refractivity contribution is -0.143. The van der Waals surface area contributed by atoms with Crippen LogP contribution in [0.4, 0.5) is 17.6 Å². The van der Waals surface area contributed by atoms with E-state index in [1.54, 1.807) is 6.92 Å². The summed E-state index contributed by atoms with van der Waals surface area (Å²) < 4.78 is 59.3. The molecule has 0 spiro atoms. The first kappa shape index (κ1) is 20.7. The summed E-state index contributed by atoms with van der Waals surface area (Å²) in [7, 11) is 0. The summed E-state index contributed by atoms with van der Waals surface area (Å²) in [6.45, 7) is 3.10. The number of aromatic hydroxyl groups is 1. The number of ether oxygens (including phenoxy) is 1. The second-order valence-corrected chi connectivity index (χ2v) is 6.01. The van der Waals surface area contributed by atoms with Gasteiger partial charge in [0.15, 0.2) is 0 Å². The summed E-state index contributed by atoms with van der Waals surface area (Å²) in [4.78, 5) is 11.6. The van der Waals surface area contributed by atoms with E-state index >= 15 is 0 Å². The van der Waals surface area contributed by atoms with Crippen LogP contribution in [0.15, 0.2) is 30.3 Å². The third kappa shape index (κ3) is 4.57. The van der Waals surface area contributed by atoms with Crippen molar-refractivity contribution >= 4 is 5.97 Å². The SMILES string of the molecule is CCOC(=O)C[C@H](N)c1cc(-c2c(O)cccc2C(F)(F)F)cc(C)c1F. The lowest BCUT2D eigenvalue weighted by atomic mass is 9.92. The normalized spacial score (nSPS) is 12.7. The zero-order chi connectivity index (χ0) is 20.4. The highest BCUT2D eigenvalue weighted by Gasteiger charge is 2.35. The number of esters is 1. The fourth-order valence-electron chi connectivity index (χ4n) is 2.80. The molecule has 27 heavy (non-hydrogen) atoms. The van der Waals surface area contributed by atoms with Crippen molar-refractivity contribution in [2.24, 2.45) is 5.73 Å². The fraction of sp³-hybridized carbons (Fsp3) is 0.316. The van der Waals surface area contributed by atoms with Crippen molar-refractivity contribution in [3.63, 3.8) is 0 Å². The summed E-state index contributed by atoms with van der Waals surface area (Å²) in [5.74, 6) is -1.97. The predicted molar refractivity (Wildman–Crippen MR) is 91.4 cm³/mol. The number of carbonyl (C=O) groups is 1. The monoisotopic (exact) mass is 385 g/mol. The average Bonchev–Trinajstić information content (AvgIpc) is 2.56. The Bertz CT molecular complexity index is 850. The van der Waals surface area contributed by atoms with Crippen molar-refractivity contribution in [2.45, 2.75) is 32.5 Å². The molecule has 0 aliphatic heterocycles. The molecule has 0 amide bonds. The van der Waals surface area contributed by atoms with Gasteiger partial charge in [0.2, 0.25) is 0 Å². The topological polar surface area (TPSA) is 72.5 Å². The number of alkyl halides is 3. The molecule has 2 aromatic carbocycles. The highest BCUT2D eigenvalue weighted by atomic mass is 19.4. The Kier molecular flexibility index (Phi) is 6.10. The molecule has 0 aromatic heterocycles. The number of hydrogen-bond donors (Lipinski definition) is 2. The second-order valence-electron chi connectivity index (χ2n) is 6.01. The van der Waals surface area contributed by atoms with Crippen molar-refractivity contribution in [3.8, 4) is 16.9 Å². The quantitative estimate of drug-likeness (QED) is 0.588. The van der Waals surface area contributed by atoms with E-state index in [1.807, 2.05) is 0 Å². The van der Waals surface area contributed by atoms with Crippen LogP contribution < -0.4 is 5.73 Å². The van der Waals surface area contributed by atoms with Crippen LogP contribution in [0.3, 0.4) is 0 Å². The summed E-state index contributed by atoms with van der Waals surface area (Å²) in [5, 5.41) is 10.0. The molecule has 4 nitrogen and oxygen atoms in total. The summed E-state index contributed by atoms with van der Waals surface area (Å²) >= 11 is 0. The molecule has 1 atom stereocenters. The van der Waals surface area contributed by atoms with Gasteiger partial charge in [-0.25, -0.2) is 4.39 Å². The standard InChI is InChI=1S/C19H19F4NO3/c1-3-27-16(26)9-14(24)12-8-11(7-10(2)18(12)20)17-13(19(21,22)23)5-4-6-15(17)25/h4-8,14,25H,3,9,24H2,1-2H3/t14-/m0/s1. The van der Waals surface area contributed by atoms with Crippen molar-refractivity contribution in [1.82, 2.24) is 0 Å². The third-order valence-electron chi connectivity index (χ3n) is 4.01. The Hall–Kier alpha value is -2.61. The van der Waals surface area contributed by atoms with Crippen LogP contribution in [0.1, 0.15) is 36.1 Å². The Morgan fingerprint density at radius 1 is 1.30 bits per heavy atom. The molecular formula is C19H19F4NO3. The average molecular weight is 385 g/mol. The zero-order valence-electron chi connectivity index (χ0n) is 14.7. The number of rotatable bonds is 5. The van der Waals surface area contributed by atoms with Crippen molar-refractivity contribution in [3.05, 3.63) is 52.8 Å². The van der Waals surface area contributed by atoms with Gasteiger partial charge in [-0.1, -0.05) is 6.07 Å². The van der Waals surface area contributed by atoms with Crippen LogP contribution in [0.5, 0.6) is 5.75 Å². The lowest BCUT2D eigenvalue weighted by Crippen LogP contribution is -2.19. The van der Waals surface area contributed by atoms with Crippen molar-refractivity contribution < 1.29 is 32.2 Å². The van der Waals surface area contributed by atoms with Crippen molar-refractivity contribution in [2.75, 3.05) is 6.61 Å². The van der Waals surface area contributed by atoms with E-state index in [0.717, 1.165) is 24.3 Å². The summed E-state index contributed by atoms with van der Waals surface area (Å²) in [5.41, 5.74) is 4.21. The predicted octanol–water partition coefficient (Wildman–Crippen LogP) is 4.48. The first-order chi connectivity index (χ1) is 12.6. The Balaban J connectivity index is 2.59. The Morgan fingerprint density at radius 3 is 2.56 bits per heavy atom. The van der Waals surface area contributed by atoms with Crippen LogP contribution in [0.25, 0.3) is 11.1 Å². The Labute approximate surface area is 153 Å². The van der Waals surface area contributed by atoms with Gasteiger partial charge in [-0.3, -0.25) is 4.79 Å². The molecule has 2 rings (SSSR count). The van der Waals surface area contributed by atoms with Crippen LogP contribution in [-0.4, -0.2) is 17.7 Å². The summed E-state index contributed by atoms with van der Waals surface area (Å²) in [6.07, 6.45) is -5.05. The molecule has 0 heterocycles. The van der Waals surface area contributed by atoms with Gasteiger partial charge in [0, 0.05) is 17.2 Å². The minimum absolute atomic E-state index is 0.0400. The number of halogens is 4. The van der Waals surface area contributed by atoms with E-state index in [9.17, 15) is 27.5 Å². The van der Waals surface area contributed by atoms with Crippen LogP contribution in [0.2, 0.25) is 0 Å². The largest absolute Gasteiger partial charge is 0.507 e. The van der Waals surface area contributed by atoms with Gasteiger partial charge in [-0.2, -0.15) is 13.2 Å². The number of carbonyl (C=O) groups excluding carboxylic acids is 1. The maximum absolute atomic E-state index is 14.5. The molecule has 0 fully saturated rings. The highest BCUT2D eigenvalue weighted by molar-refractivity contribution is 5.76. The lowest BCUT2D eigenvalue weighted by Gasteiger charge is -2.18. The number of benzene rings is 2. The van der Waals surface area contributed by atoms with E-state index in [0.29, 0.717) is 0 Å². The number of nitrogens with two attached hydrogens (primary N) is 1. The number of phenolic OH excluding ortho intramolecular Hbond substituents is 1. The zero-order valence-corrected chi connectivity index (χ0v) is 14.7. The van der Waals surface area contributed by atoms with E-state index in [2.05, 4.69) is 0 Å². The second kappa shape index (κ2) is 7.96. The Morgan fingerprint density at radius 2 is 1.96 bits per heavy atom. The molecule has 0 saturated carbocycles. The maximum Gasteiger partial charge on any atom is 0.417 e. The number of aryl methyl sites for hydroxylation is 1. The van der Waals surface area contributed by atoms with Crippen molar-refractivity contribution in [1.29, 1.82) is 0 Å². The van der Waals surface area contributed by atoms with E-state index in [1.165, 1.54) is 13.0 Å². The smallest absolute Gasteiger partial charge is 0.417 e. The maximum atomic E-state index is 14.5. The highest BCUT2D eigenvalue weighted by Crippen LogP contribution is 2.42. The molecule has 3 N–H and O–H groups in total. The molecule has 0 unspecified atom stereocenters. The van der Waals surface area contributed by atoms with Gasteiger partial charge in [0.05, 0.1) is 18.6 Å². The molecule has 0 saturated heterocycles. The van der Waals surface area contributed by atoms with Gasteiger partial charge in [-0.05, 0) is 49.2 Å². The summed E-state index contributed by atoms with van der Waals surface area (Å²) in [6, 6.07) is 4.22. The molecule has 0 aliphatic rings. The van der Waals surface area contributed by atoms with Gasteiger partial charge in [0.25, 0.3) is 0 Å². The molecular weight excluding hydrogens is 366 g/mol. The molecule has 2 aromatic rings. The molecule has 0 bridgehead atoms. The number of hydrogen-bond acceptors (Lipinski definition) is 4. The first-order valence-corrected chi connectivity index (χ1v) is 8.17. The molecule has 0 aliphatic carbocycles. The van der Waals surface area contributed by atoms with Gasteiger partial charge >= 0.3 is 12.1 Å². The molecule has 8 heteroatoms. The molecule has 146 valence electrons. The van der Waals surface area contributed by atoms with Gasteiger partial charge < -0.3 is 15.6 Å². The van der Waals surface area contributed by atoms with Crippen LogP contribution >= 0.6 is 0 Å². The van der Waals surface area contributed by atoms with Crippen LogP contribution in [0, 0.1) is 12.7 Å². The first-order valence-electron chi connectivity index (χ1n) is 8.17. The fourth-order valence-corrected chi connectivity index (χ4v) is 2.80. The van der Waals surface area contributed by atoms with E-state index in [4.69, 9.17) is 10.5 Å². The minimum atomic E-state index is -4.72.